The molecule has 0 bridgehead atoms. The molecule has 12 heavy (non-hydrogen) atoms. The normalized spacial score (nSPS) is 10.5. The molecule has 0 aliphatic carbocycles. The average molecular weight is 181 g/mol. The number of urea groups is 1. The van der Waals surface area contributed by atoms with Crippen molar-refractivity contribution in [1.29, 1.82) is 0 Å². The van der Waals surface area contributed by atoms with E-state index in [0.717, 1.165) is 0 Å². The van der Waals surface area contributed by atoms with Crippen molar-refractivity contribution in [2.75, 3.05) is 6.54 Å². The van der Waals surface area contributed by atoms with E-state index in [1.165, 1.54) is 0 Å². The third-order valence-electron chi connectivity index (χ3n) is 0.532. The summed E-state index contributed by atoms with van der Waals surface area (Å²) in [5, 5.41) is 24.4. The van der Waals surface area contributed by atoms with Crippen molar-refractivity contribution in [2.24, 2.45) is 11.5 Å². The van der Waals surface area contributed by atoms with Crippen molar-refractivity contribution in [1.82, 2.24) is 5.32 Å². The Morgan fingerprint density at radius 1 is 1.42 bits per heavy atom. The number of carboxylic acid groups (broad SMARTS) is 2. The number of rotatable bonds is 2. The monoisotopic (exact) mass is 181 g/mol. The van der Waals surface area contributed by atoms with Crippen LogP contribution < -0.4 is 16.8 Å². The molecule has 0 aromatic carbocycles. The van der Waals surface area contributed by atoms with Crippen LogP contribution in [-0.4, -0.2) is 40.3 Å². The predicted octanol–water partition coefficient (Wildman–Crippen LogP) is -1.85. The van der Waals surface area contributed by atoms with Gasteiger partial charge < -0.3 is 32.1 Å². The summed E-state index contributed by atoms with van der Waals surface area (Å²) < 4.78 is 0. The SMILES string of the molecule is NCC(O)NC(N)=O.O=C(O)O. The molecule has 8 heteroatoms. The van der Waals surface area contributed by atoms with Gasteiger partial charge in [0.05, 0.1) is 0 Å². The summed E-state index contributed by atoms with van der Waals surface area (Å²) in [6.45, 7) is -0.0249. The Morgan fingerprint density at radius 2 is 1.75 bits per heavy atom. The molecule has 8 N–H and O–H groups in total. The summed E-state index contributed by atoms with van der Waals surface area (Å²) in [4.78, 5) is 18.4. The number of hydrogen-bond donors (Lipinski definition) is 6. The number of aliphatic hydroxyl groups excluding tert-OH is 1. The summed E-state index contributed by atoms with van der Waals surface area (Å²) in [6, 6.07) is -0.775. The second-order valence-electron chi connectivity index (χ2n) is 1.54. The maximum Gasteiger partial charge on any atom is 0.503 e. The molecular formula is C4H11N3O5. The van der Waals surface area contributed by atoms with Crippen molar-refractivity contribution >= 4 is 12.2 Å². The molecule has 0 radical (unpaired) electrons. The zero-order chi connectivity index (χ0) is 10.1. The van der Waals surface area contributed by atoms with Gasteiger partial charge in [0.1, 0.15) is 6.23 Å². The summed E-state index contributed by atoms with van der Waals surface area (Å²) in [5.41, 5.74) is 9.50. The van der Waals surface area contributed by atoms with Crippen LogP contribution in [0.5, 0.6) is 0 Å². The first-order valence-electron chi connectivity index (χ1n) is 2.76. The Morgan fingerprint density at radius 3 is 1.83 bits per heavy atom. The standard InChI is InChI=1S/C3H9N3O2.CH2O3/c4-1-2(7)6-3(5)8;2-1(3)4/h2,7H,1,4H2,(H3,5,6,8);(H2,2,3,4). The second-order valence-corrected chi connectivity index (χ2v) is 1.54. The van der Waals surface area contributed by atoms with E-state index in [2.05, 4.69) is 5.73 Å². The highest BCUT2D eigenvalue weighted by molar-refractivity contribution is 5.71. The van der Waals surface area contributed by atoms with E-state index in [1.807, 2.05) is 5.32 Å². The van der Waals surface area contributed by atoms with Crippen molar-refractivity contribution in [2.45, 2.75) is 6.23 Å². The predicted molar refractivity (Wildman–Crippen MR) is 38.4 cm³/mol. The Hall–Kier alpha value is -1.54. The van der Waals surface area contributed by atoms with Crippen molar-refractivity contribution < 1.29 is 24.9 Å². The van der Waals surface area contributed by atoms with Gasteiger partial charge in [-0.3, -0.25) is 0 Å². The summed E-state index contributed by atoms with van der Waals surface area (Å²) >= 11 is 0. The second kappa shape index (κ2) is 7.57. The van der Waals surface area contributed by atoms with Crippen molar-refractivity contribution in [3.05, 3.63) is 0 Å². The first kappa shape index (κ1) is 13.1. The topological polar surface area (TPSA) is 159 Å². The third-order valence-corrected chi connectivity index (χ3v) is 0.532. The van der Waals surface area contributed by atoms with Gasteiger partial charge in [-0.1, -0.05) is 0 Å². The smallest absolute Gasteiger partial charge is 0.450 e. The summed E-state index contributed by atoms with van der Waals surface area (Å²) in [5.74, 6) is 0. The van der Waals surface area contributed by atoms with Crippen molar-refractivity contribution in [3.8, 4) is 0 Å². The zero-order valence-corrected chi connectivity index (χ0v) is 6.10. The molecule has 1 unspecified atom stereocenters. The maximum absolute atomic E-state index is 9.86. The van der Waals surface area contributed by atoms with Crippen LogP contribution in [0.1, 0.15) is 0 Å². The zero-order valence-electron chi connectivity index (χ0n) is 6.10. The molecule has 0 saturated heterocycles. The number of carbonyl (C=O) groups is 2. The summed E-state index contributed by atoms with van der Waals surface area (Å²) in [6.07, 6.45) is -2.85. The van der Waals surface area contributed by atoms with Crippen LogP contribution >= 0.6 is 0 Å². The van der Waals surface area contributed by atoms with E-state index >= 15 is 0 Å². The van der Waals surface area contributed by atoms with Gasteiger partial charge in [0.25, 0.3) is 0 Å². The molecule has 2 amide bonds. The molecule has 0 rings (SSSR count). The number of aliphatic hydroxyl groups is 1. The molecule has 0 aromatic rings. The lowest BCUT2D eigenvalue weighted by Crippen LogP contribution is -2.42. The number of carbonyl (C=O) groups excluding carboxylic acids is 1. The Kier molecular flexibility index (Phi) is 8.25. The van der Waals surface area contributed by atoms with E-state index in [-0.39, 0.29) is 6.54 Å². The maximum atomic E-state index is 9.86. The minimum absolute atomic E-state index is 0.0249. The Bertz CT molecular complexity index is 146. The first-order valence-corrected chi connectivity index (χ1v) is 2.76. The summed E-state index contributed by atoms with van der Waals surface area (Å²) in [7, 11) is 0. The number of nitrogens with two attached hydrogens (primary N) is 2. The van der Waals surface area contributed by atoms with Crippen LogP contribution in [0.25, 0.3) is 0 Å². The minimum Gasteiger partial charge on any atom is -0.450 e. The molecule has 0 fully saturated rings. The molecular weight excluding hydrogens is 170 g/mol. The van der Waals surface area contributed by atoms with Crippen molar-refractivity contribution in [3.63, 3.8) is 0 Å². The van der Waals surface area contributed by atoms with Crippen LogP contribution in [0.4, 0.5) is 9.59 Å². The Balaban J connectivity index is 0. The number of nitrogens with one attached hydrogen (secondary N) is 1. The highest BCUT2D eigenvalue weighted by Gasteiger charge is 1.99. The Labute approximate surface area is 67.8 Å². The molecule has 8 nitrogen and oxygen atoms in total. The van der Waals surface area contributed by atoms with Crippen LogP contribution in [0.15, 0.2) is 0 Å². The van der Waals surface area contributed by atoms with Crippen LogP contribution in [0.3, 0.4) is 0 Å². The molecule has 0 saturated carbocycles. The largest absolute Gasteiger partial charge is 0.503 e. The van der Waals surface area contributed by atoms with Gasteiger partial charge in [0.2, 0.25) is 0 Å². The number of hydrogen-bond acceptors (Lipinski definition) is 4. The van der Waals surface area contributed by atoms with Gasteiger partial charge in [-0.05, 0) is 0 Å². The van der Waals surface area contributed by atoms with E-state index in [4.69, 9.17) is 25.8 Å². The number of primary amides is 1. The molecule has 72 valence electrons. The van der Waals surface area contributed by atoms with E-state index in [1.54, 1.807) is 0 Å². The van der Waals surface area contributed by atoms with Gasteiger partial charge in [0, 0.05) is 6.54 Å². The van der Waals surface area contributed by atoms with Gasteiger partial charge in [0.15, 0.2) is 0 Å². The van der Waals surface area contributed by atoms with Gasteiger partial charge in [-0.2, -0.15) is 0 Å². The molecule has 0 spiro atoms. The fraction of sp³-hybridized carbons (Fsp3) is 0.500. The van der Waals surface area contributed by atoms with E-state index < -0.39 is 18.4 Å². The number of amides is 2. The van der Waals surface area contributed by atoms with E-state index in [9.17, 15) is 4.79 Å². The van der Waals surface area contributed by atoms with Gasteiger partial charge in [-0.15, -0.1) is 0 Å². The van der Waals surface area contributed by atoms with Gasteiger partial charge >= 0.3 is 12.2 Å². The highest BCUT2D eigenvalue weighted by Crippen LogP contribution is 1.66. The lowest BCUT2D eigenvalue weighted by Gasteiger charge is -2.05. The van der Waals surface area contributed by atoms with E-state index in [0.29, 0.717) is 0 Å². The van der Waals surface area contributed by atoms with Crippen LogP contribution in [0.2, 0.25) is 0 Å². The molecule has 0 aliphatic rings. The first-order chi connectivity index (χ1) is 5.40. The molecule has 0 aliphatic heterocycles. The molecule has 1 atom stereocenters. The molecule has 0 heterocycles. The van der Waals surface area contributed by atoms with Crippen LogP contribution in [0, 0.1) is 0 Å². The van der Waals surface area contributed by atoms with Crippen LogP contribution in [-0.2, 0) is 0 Å². The highest BCUT2D eigenvalue weighted by atomic mass is 16.6. The molecule has 0 aromatic heterocycles. The fourth-order valence-corrected chi connectivity index (χ4v) is 0.223. The lowest BCUT2D eigenvalue weighted by atomic mass is 10.6. The fourth-order valence-electron chi connectivity index (χ4n) is 0.223. The minimum atomic E-state index is -1.83. The average Bonchev–Trinajstić information content (AvgIpc) is 1.84. The van der Waals surface area contributed by atoms with Gasteiger partial charge in [-0.25, -0.2) is 9.59 Å². The lowest BCUT2D eigenvalue weighted by molar-refractivity contribution is 0.136. The quantitative estimate of drug-likeness (QED) is 0.274. The third kappa shape index (κ3) is 23.7.